The van der Waals surface area contributed by atoms with Crippen LogP contribution in [0, 0.1) is 11.3 Å². The largest absolute Gasteiger partial charge is 0.493 e. The van der Waals surface area contributed by atoms with Gasteiger partial charge in [0, 0.05) is 11.4 Å². The van der Waals surface area contributed by atoms with Crippen molar-refractivity contribution in [2.45, 2.75) is 5.16 Å². The minimum Gasteiger partial charge on any atom is -0.493 e. The van der Waals surface area contributed by atoms with Crippen molar-refractivity contribution in [3.63, 3.8) is 0 Å². The summed E-state index contributed by atoms with van der Waals surface area (Å²) in [5.74, 6) is 2.76. The molecule has 0 spiro atoms. The zero-order valence-corrected chi connectivity index (χ0v) is 15.7. The van der Waals surface area contributed by atoms with Crippen LogP contribution < -0.4 is 4.74 Å². The van der Waals surface area contributed by atoms with Gasteiger partial charge in [-0.15, -0.1) is 10.2 Å². The first-order valence-electron chi connectivity index (χ1n) is 8.65. The zero-order valence-electron chi connectivity index (χ0n) is 14.9. The maximum absolute atomic E-state index is 8.84. The number of nitriles is 1. The normalized spacial score (nSPS) is 10.5. The highest BCUT2D eigenvalue weighted by molar-refractivity contribution is 7.99. The highest BCUT2D eigenvalue weighted by Crippen LogP contribution is 2.28. The number of aromatic nitrogens is 3. The van der Waals surface area contributed by atoms with Crippen LogP contribution in [0.3, 0.4) is 0 Å². The first-order valence-corrected chi connectivity index (χ1v) is 9.64. The van der Waals surface area contributed by atoms with Gasteiger partial charge < -0.3 is 9.15 Å². The molecule has 0 saturated heterocycles. The van der Waals surface area contributed by atoms with Crippen molar-refractivity contribution in [3.05, 3.63) is 78.6 Å². The highest BCUT2D eigenvalue weighted by Gasteiger charge is 2.17. The summed E-state index contributed by atoms with van der Waals surface area (Å²) < 4.78 is 13.2. The summed E-state index contributed by atoms with van der Waals surface area (Å²) in [4.78, 5) is 0. The molecule has 0 radical (unpaired) electrons. The fraction of sp³-hybridized carbons (Fsp3) is 0.0952. The standard InChI is InChI=1S/C21H16N4O2S/c22-15-16-8-10-18(11-9-16)26-13-14-28-21-24-23-20(19-7-4-12-27-19)25(21)17-5-2-1-3-6-17/h1-12H,13-14H2. The van der Waals surface area contributed by atoms with Gasteiger partial charge in [-0.05, 0) is 48.5 Å². The fourth-order valence-electron chi connectivity index (χ4n) is 2.66. The van der Waals surface area contributed by atoms with E-state index in [0.29, 0.717) is 29.5 Å². The van der Waals surface area contributed by atoms with Crippen LogP contribution in [0.2, 0.25) is 0 Å². The molecule has 0 unspecified atom stereocenters. The monoisotopic (exact) mass is 388 g/mol. The van der Waals surface area contributed by atoms with Crippen LogP contribution in [-0.4, -0.2) is 27.1 Å². The van der Waals surface area contributed by atoms with Crippen LogP contribution in [0.5, 0.6) is 5.75 Å². The van der Waals surface area contributed by atoms with E-state index in [-0.39, 0.29) is 0 Å². The third-order valence-corrected chi connectivity index (χ3v) is 4.85. The smallest absolute Gasteiger partial charge is 0.205 e. The minimum atomic E-state index is 0.508. The lowest BCUT2D eigenvalue weighted by Gasteiger charge is -2.09. The van der Waals surface area contributed by atoms with Crippen LogP contribution >= 0.6 is 11.8 Å². The molecule has 2 aromatic heterocycles. The van der Waals surface area contributed by atoms with Gasteiger partial charge in [0.2, 0.25) is 5.82 Å². The number of benzene rings is 2. The Labute approximate surface area is 166 Å². The Hall–Kier alpha value is -3.50. The second-order valence-corrected chi connectivity index (χ2v) is 6.85. The molecule has 0 N–H and O–H groups in total. The lowest BCUT2D eigenvalue weighted by Crippen LogP contribution is -2.03. The summed E-state index contributed by atoms with van der Waals surface area (Å²) in [5, 5.41) is 18.3. The van der Waals surface area contributed by atoms with Gasteiger partial charge in [0.15, 0.2) is 10.9 Å². The molecule has 0 atom stereocenters. The molecule has 6 nitrogen and oxygen atoms in total. The first-order chi connectivity index (χ1) is 13.8. The zero-order chi connectivity index (χ0) is 19.2. The Morgan fingerprint density at radius 1 is 1.00 bits per heavy atom. The summed E-state index contributed by atoms with van der Waals surface area (Å²) in [6.07, 6.45) is 1.62. The van der Waals surface area contributed by atoms with E-state index in [9.17, 15) is 0 Å². The fourth-order valence-corrected chi connectivity index (χ4v) is 3.43. The van der Waals surface area contributed by atoms with Crippen molar-refractivity contribution in [3.8, 4) is 29.1 Å². The maximum Gasteiger partial charge on any atom is 0.205 e. The topological polar surface area (TPSA) is 76.9 Å². The molecular weight excluding hydrogens is 372 g/mol. The van der Waals surface area contributed by atoms with E-state index in [1.54, 1.807) is 42.3 Å². The Morgan fingerprint density at radius 3 is 2.54 bits per heavy atom. The van der Waals surface area contributed by atoms with E-state index in [1.165, 1.54) is 0 Å². The first kappa shape index (κ1) is 17.9. The maximum atomic E-state index is 8.84. The number of hydrogen-bond acceptors (Lipinski definition) is 6. The van der Waals surface area contributed by atoms with Crippen molar-refractivity contribution in [2.75, 3.05) is 12.4 Å². The van der Waals surface area contributed by atoms with Crippen molar-refractivity contribution >= 4 is 11.8 Å². The van der Waals surface area contributed by atoms with Gasteiger partial charge in [0.25, 0.3) is 0 Å². The number of hydrogen-bond donors (Lipinski definition) is 0. The van der Waals surface area contributed by atoms with Crippen molar-refractivity contribution in [1.82, 2.24) is 14.8 Å². The Bertz CT molecular complexity index is 1070. The molecule has 0 aliphatic carbocycles. The average Bonchev–Trinajstić information content (AvgIpc) is 3.42. The number of para-hydroxylation sites is 1. The van der Waals surface area contributed by atoms with Crippen LogP contribution in [0.4, 0.5) is 0 Å². The second-order valence-electron chi connectivity index (χ2n) is 5.79. The molecule has 138 valence electrons. The predicted octanol–water partition coefficient (Wildman–Crippen LogP) is 4.57. The van der Waals surface area contributed by atoms with Gasteiger partial charge in [0.1, 0.15) is 5.75 Å². The van der Waals surface area contributed by atoms with E-state index < -0.39 is 0 Å². The van der Waals surface area contributed by atoms with E-state index in [0.717, 1.165) is 16.6 Å². The third kappa shape index (κ3) is 3.92. The minimum absolute atomic E-state index is 0.508. The summed E-state index contributed by atoms with van der Waals surface area (Å²) in [6, 6.07) is 22.8. The van der Waals surface area contributed by atoms with E-state index >= 15 is 0 Å². The summed E-state index contributed by atoms with van der Waals surface area (Å²) in [7, 11) is 0. The molecule has 0 aliphatic heterocycles. The predicted molar refractivity (Wildman–Crippen MR) is 106 cm³/mol. The van der Waals surface area contributed by atoms with Crippen LogP contribution in [0.25, 0.3) is 17.3 Å². The van der Waals surface area contributed by atoms with Crippen molar-refractivity contribution in [1.29, 1.82) is 5.26 Å². The van der Waals surface area contributed by atoms with E-state index in [4.69, 9.17) is 14.4 Å². The van der Waals surface area contributed by atoms with Gasteiger partial charge in [-0.2, -0.15) is 5.26 Å². The highest BCUT2D eigenvalue weighted by atomic mass is 32.2. The van der Waals surface area contributed by atoms with Gasteiger partial charge in [-0.25, -0.2) is 0 Å². The SMILES string of the molecule is N#Cc1ccc(OCCSc2nnc(-c3ccco3)n2-c2ccccc2)cc1. The molecule has 4 aromatic rings. The van der Waals surface area contributed by atoms with E-state index in [1.807, 2.05) is 47.0 Å². The number of ether oxygens (including phenoxy) is 1. The molecule has 2 heterocycles. The van der Waals surface area contributed by atoms with Crippen LogP contribution in [0.15, 0.2) is 82.6 Å². The molecule has 4 rings (SSSR count). The second kappa shape index (κ2) is 8.46. The molecule has 0 bridgehead atoms. The van der Waals surface area contributed by atoms with Crippen LogP contribution in [-0.2, 0) is 0 Å². The molecule has 0 fully saturated rings. The lowest BCUT2D eigenvalue weighted by molar-refractivity contribution is 0.344. The molecular formula is C21H16N4O2S. The van der Waals surface area contributed by atoms with Crippen molar-refractivity contribution in [2.24, 2.45) is 0 Å². The van der Waals surface area contributed by atoms with Gasteiger partial charge in [0.05, 0.1) is 24.5 Å². The number of furan rings is 1. The van der Waals surface area contributed by atoms with Crippen molar-refractivity contribution < 1.29 is 9.15 Å². The molecule has 2 aromatic carbocycles. The molecule has 28 heavy (non-hydrogen) atoms. The number of thioether (sulfide) groups is 1. The van der Waals surface area contributed by atoms with Crippen LogP contribution in [0.1, 0.15) is 5.56 Å². The summed E-state index contributed by atoms with van der Waals surface area (Å²) in [5.41, 5.74) is 1.58. The summed E-state index contributed by atoms with van der Waals surface area (Å²) in [6.45, 7) is 0.508. The van der Waals surface area contributed by atoms with Gasteiger partial charge in [-0.3, -0.25) is 4.57 Å². The lowest BCUT2D eigenvalue weighted by atomic mass is 10.2. The molecule has 0 saturated carbocycles. The average molecular weight is 388 g/mol. The van der Waals surface area contributed by atoms with E-state index in [2.05, 4.69) is 16.3 Å². The quantitative estimate of drug-likeness (QED) is 0.341. The Morgan fingerprint density at radius 2 is 1.82 bits per heavy atom. The molecule has 0 amide bonds. The number of nitrogens with zero attached hydrogens (tertiary/aromatic N) is 4. The summed E-state index contributed by atoms with van der Waals surface area (Å²) >= 11 is 1.56. The molecule has 7 heteroatoms. The van der Waals surface area contributed by atoms with Gasteiger partial charge >= 0.3 is 0 Å². The van der Waals surface area contributed by atoms with Gasteiger partial charge in [-0.1, -0.05) is 30.0 Å². The Kier molecular flexibility index (Phi) is 5.41. The Balaban J connectivity index is 1.48. The number of rotatable bonds is 7. The third-order valence-electron chi connectivity index (χ3n) is 3.96. The molecule has 0 aliphatic rings.